The summed E-state index contributed by atoms with van der Waals surface area (Å²) in [6, 6.07) is 13.5. The van der Waals surface area contributed by atoms with Gasteiger partial charge in [0.1, 0.15) is 17.4 Å². The van der Waals surface area contributed by atoms with Gasteiger partial charge in [-0.15, -0.1) is 0 Å². The maximum absolute atomic E-state index is 12.9. The van der Waals surface area contributed by atoms with E-state index in [-0.39, 0.29) is 30.4 Å². The standard InChI is InChI=1S/C24H31N5O6.C7H8/c1-14(2)9-17(21(31)24(4)13-34-24)27-20(30)12-26-22(32)18(11-16-5-7-25-8-6-16)28-23(33)19-10-15(3)35-29-19;1-7-5-3-2-4-6-7/h5-8,10,14,17-18H,9,11-13H2,1-4H3,(H,26,32)(H,27,30)(H,28,33);2-6H,1H3/t17-,18-,24+;/m0./s1. The molecule has 3 aromatic rings. The van der Waals surface area contributed by atoms with Crippen molar-refractivity contribution in [1.82, 2.24) is 26.1 Å². The van der Waals surface area contributed by atoms with Crippen molar-refractivity contribution in [2.75, 3.05) is 13.2 Å². The van der Waals surface area contributed by atoms with Crippen LogP contribution < -0.4 is 16.0 Å². The van der Waals surface area contributed by atoms with E-state index in [2.05, 4.69) is 45.1 Å². The predicted octanol–water partition coefficient (Wildman–Crippen LogP) is 2.72. The first-order chi connectivity index (χ1) is 20.0. The molecule has 1 aliphatic rings. The number of aryl methyl sites for hydroxylation is 2. The van der Waals surface area contributed by atoms with Crippen LogP contribution in [0.25, 0.3) is 0 Å². The Balaban J connectivity index is 0.000000603. The van der Waals surface area contributed by atoms with Gasteiger partial charge < -0.3 is 25.2 Å². The lowest BCUT2D eigenvalue weighted by molar-refractivity contribution is -0.131. The summed E-state index contributed by atoms with van der Waals surface area (Å²) in [5, 5.41) is 11.6. The van der Waals surface area contributed by atoms with Gasteiger partial charge in [-0.2, -0.15) is 0 Å². The van der Waals surface area contributed by atoms with Crippen LogP contribution in [0.5, 0.6) is 0 Å². The topological polar surface area (TPSA) is 156 Å². The Morgan fingerprint density at radius 1 is 0.976 bits per heavy atom. The second-order valence-electron chi connectivity index (χ2n) is 10.9. The number of epoxide rings is 1. The average molecular weight is 578 g/mol. The summed E-state index contributed by atoms with van der Waals surface area (Å²) < 4.78 is 10.2. The van der Waals surface area contributed by atoms with Crippen molar-refractivity contribution in [2.45, 2.75) is 65.1 Å². The normalized spacial score (nSPS) is 16.8. The summed E-state index contributed by atoms with van der Waals surface area (Å²) in [6.45, 7) is 9.30. The highest BCUT2D eigenvalue weighted by atomic mass is 16.6. The molecule has 4 rings (SSSR count). The number of hydrogen-bond acceptors (Lipinski definition) is 8. The molecule has 1 saturated heterocycles. The minimum absolute atomic E-state index is 0.0404. The zero-order valence-corrected chi connectivity index (χ0v) is 24.7. The van der Waals surface area contributed by atoms with Gasteiger partial charge in [-0.25, -0.2) is 0 Å². The van der Waals surface area contributed by atoms with Crippen molar-refractivity contribution in [3.05, 3.63) is 83.5 Å². The third-order valence-corrected chi connectivity index (χ3v) is 6.49. The van der Waals surface area contributed by atoms with Crippen LogP contribution in [0.1, 0.15) is 54.6 Å². The third-order valence-electron chi connectivity index (χ3n) is 6.49. The molecule has 3 N–H and O–H groups in total. The summed E-state index contributed by atoms with van der Waals surface area (Å²) in [4.78, 5) is 54.8. The fourth-order valence-electron chi connectivity index (χ4n) is 4.06. The number of benzene rings is 1. The van der Waals surface area contributed by atoms with Gasteiger partial charge >= 0.3 is 0 Å². The van der Waals surface area contributed by atoms with Gasteiger partial charge in [0.05, 0.1) is 19.2 Å². The fourth-order valence-corrected chi connectivity index (χ4v) is 4.06. The molecule has 42 heavy (non-hydrogen) atoms. The van der Waals surface area contributed by atoms with E-state index in [4.69, 9.17) is 9.26 Å². The summed E-state index contributed by atoms with van der Waals surface area (Å²) in [7, 11) is 0. The maximum atomic E-state index is 12.9. The molecule has 0 bridgehead atoms. The van der Waals surface area contributed by atoms with E-state index in [1.807, 2.05) is 32.0 Å². The number of nitrogens with one attached hydrogen (secondary N) is 3. The van der Waals surface area contributed by atoms with Gasteiger partial charge in [0.25, 0.3) is 5.91 Å². The lowest BCUT2D eigenvalue weighted by Gasteiger charge is -2.22. The molecule has 11 nitrogen and oxygen atoms in total. The van der Waals surface area contributed by atoms with E-state index in [0.29, 0.717) is 18.8 Å². The zero-order chi connectivity index (χ0) is 30.7. The first kappa shape index (κ1) is 32.1. The van der Waals surface area contributed by atoms with E-state index in [0.717, 1.165) is 5.56 Å². The monoisotopic (exact) mass is 577 g/mol. The van der Waals surface area contributed by atoms with E-state index < -0.39 is 35.4 Å². The number of Topliss-reactive ketones (excluding diaryl/α,β-unsaturated/α-hetero) is 1. The minimum Gasteiger partial charge on any atom is -0.361 e. The summed E-state index contributed by atoms with van der Waals surface area (Å²) in [5.41, 5.74) is 1.26. The summed E-state index contributed by atoms with van der Waals surface area (Å²) in [6.07, 6.45) is 3.78. The van der Waals surface area contributed by atoms with Crippen molar-refractivity contribution in [1.29, 1.82) is 0 Å². The number of hydrogen-bond donors (Lipinski definition) is 3. The summed E-state index contributed by atoms with van der Waals surface area (Å²) >= 11 is 0. The molecule has 1 aromatic carbocycles. The Morgan fingerprint density at radius 2 is 1.64 bits per heavy atom. The summed E-state index contributed by atoms with van der Waals surface area (Å²) in [5.74, 6) is -1.21. The molecule has 224 valence electrons. The molecule has 1 aliphatic heterocycles. The van der Waals surface area contributed by atoms with Crippen LogP contribution in [0, 0.1) is 19.8 Å². The minimum atomic E-state index is -0.985. The van der Waals surface area contributed by atoms with E-state index >= 15 is 0 Å². The van der Waals surface area contributed by atoms with Gasteiger partial charge in [0.15, 0.2) is 11.5 Å². The number of ketones is 1. The zero-order valence-electron chi connectivity index (χ0n) is 24.7. The van der Waals surface area contributed by atoms with E-state index in [1.165, 1.54) is 11.6 Å². The maximum Gasteiger partial charge on any atom is 0.274 e. The molecule has 3 atom stereocenters. The number of carbonyl (C=O) groups is 4. The molecule has 0 aliphatic carbocycles. The highest BCUT2D eigenvalue weighted by Gasteiger charge is 2.50. The molecule has 2 aromatic heterocycles. The fraction of sp³-hybridized carbons (Fsp3) is 0.419. The second kappa shape index (κ2) is 15.0. The number of ether oxygens (including phenoxy) is 1. The Morgan fingerprint density at radius 3 is 2.17 bits per heavy atom. The molecular weight excluding hydrogens is 538 g/mol. The molecule has 3 amide bonds. The van der Waals surface area contributed by atoms with Crippen LogP contribution in [0.15, 0.2) is 65.4 Å². The first-order valence-corrected chi connectivity index (χ1v) is 13.9. The van der Waals surface area contributed by atoms with Crippen molar-refractivity contribution in [2.24, 2.45) is 5.92 Å². The largest absolute Gasteiger partial charge is 0.361 e. The van der Waals surface area contributed by atoms with Gasteiger partial charge in [-0.1, -0.05) is 54.9 Å². The van der Waals surface area contributed by atoms with Crippen molar-refractivity contribution in [3.8, 4) is 0 Å². The lowest BCUT2D eigenvalue weighted by Crippen LogP contribution is -2.52. The van der Waals surface area contributed by atoms with Crippen molar-refractivity contribution < 1.29 is 28.4 Å². The molecule has 11 heteroatoms. The second-order valence-corrected chi connectivity index (χ2v) is 10.9. The van der Waals surface area contributed by atoms with Crippen molar-refractivity contribution >= 4 is 23.5 Å². The van der Waals surface area contributed by atoms with E-state index in [9.17, 15) is 19.2 Å². The van der Waals surface area contributed by atoms with Gasteiger partial charge in [0, 0.05) is 24.9 Å². The van der Waals surface area contributed by atoms with E-state index in [1.54, 1.807) is 38.4 Å². The van der Waals surface area contributed by atoms with Gasteiger partial charge in [-0.3, -0.25) is 24.2 Å². The molecule has 0 unspecified atom stereocenters. The van der Waals surface area contributed by atoms with Crippen LogP contribution in [-0.4, -0.2) is 64.5 Å². The Bertz CT molecular complexity index is 1340. The number of aromatic nitrogens is 2. The molecular formula is C31H39N5O6. The van der Waals surface area contributed by atoms with Gasteiger partial charge in [-0.05, 0) is 50.8 Å². The number of rotatable bonds is 12. The van der Waals surface area contributed by atoms with Crippen LogP contribution in [0.3, 0.4) is 0 Å². The molecule has 3 heterocycles. The SMILES string of the molecule is Cc1cc(C(=O)N[C@@H](Cc2ccncc2)C(=O)NCC(=O)N[C@@H](CC(C)C)C(=O)[C@@]2(C)CO2)no1.Cc1ccccc1. The molecule has 0 saturated carbocycles. The average Bonchev–Trinajstić information content (AvgIpc) is 3.56. The smallest absolute Gasteiger partial charge is 0.274 e. The van der Waals surface area contributed by atoms with Crippen LogP contribution >= 0.6 is 0 Å². The predicted molar refractivity (Wildman–Crippen MR) is 155 cm³/mol. The molecule has 0 spiro atoms. The molecule has 0 radical (unpaired) electrons. The highest BCUT2D eigenvalue weighted by molar-refractivity contribution is 5.98. The third kappa shape index (κ3) is 10.2. The Labute approximate surface area is 245 Å². The van der Waals surface area contributed by atoms with Crippen LogP contribution in [-0.2, 0) is 25.5 Å². The van der Waals surface area contributed by atoms with Crippen LogP contribution in [0.2, 0.25) is 0 Å². The Kier molecular flexibility index (Phi) is 11.5. The first-order valence-electron chi connectivity index (χ1n) is 13.9. The number of nitrogens with zero attached hydrogens (tertiary/aromatic N) is 2. The highest BCUT2D eigenvalue weighted by Crippen LogP contribution is 2.29. The van der Waals surface area contributed by atoms with Crippen LogP contribution in [0.4, 0.5) is 0 Å². The molecule has 1 fully saturated rings. The quantitative estimate of drug-likeness (QED) is 0.278. The van der Waals surface area contributed by atoms with Gasteiger partial charge in [0.2, 0.25) is 11.8 Å². The van der Waals surface area contributed by atoms with Crippen molar-refractivity contribution in [3.63, 3.8) is 0 Å². The Hall–Kier alpha value is -4.38. The number of amides is 3. The lowest BCUT2D eigenvalue weighted by atomic mass is 9.93. The number of pyridine rings is 1. The number of carbonyl (C=O) groups excluding carboxylic acids is 4.